The van der Waals surface area contributed by atoms with E-state index in [2.05, 4.69) is 0 Å². The van der Waals surface area contributed by atoms with Gasteiger partial charge in [-0.05, 0) is 51.2 Å². The standard InChI is InChI=1S/C20H28N2O3/c1-2-24-18-9-5-6-15(20(18)25-17-7-3-4-8-17)10-11-19(23)22-13-12-16(21)14-22/h5-6,9-11,16-17H,2-4,7-8,12-14,21H2,1H3/b11-10+. The first kappa shape index (κ1) is 17.8. The van der Waals surface area contributed by atoms with Gasteiger partial charge in [0, 0.05) is 30.8 Å². The number of likely N-dealkylation sites (tertiary alicyclic amines) is 1. The van der Waals surface area contributed by atoms with E-state index in [-0.39, 0.29) is 18.1 Å². The highest BCUT2D eigenvalue weighted by Crippen LogP contribution is 2.35. The highest BCUT2D eigenvalue weighted by Gasteiger charge is 2.23. The third kappa shape index (κ3) is 4.54. The molecule has 1 unspecified atom stereocenters. The molecule has 1 amide bonds. The van der Waals surface area contributed by atoms with Crippen molar-refractivity contribution in [1.82, 2.24) is 4.90 Å². The fourth-order valence-electron chi connectivity index (χ4n) is 3.49. The van der Waals surface area contributed by atoms with Crippen molar-refractivity contribution >= 4 is 12.0 Å². The van der Waals surface area contributed by atoms with E-state index in [1.54, 1.807) is 11.0 Å². The van der Waals surface area contributed by atoms with Crippen LogP contribution in [-0.2, 0) is 4.79 Å². The van der Waals surface area contributed by atoms with Crippen molar-refractivity contribution in [1.29, 1.82) is 0 Å². The van der Waals surface area contributed by atoms with E-state index in [1.165, 1.54) is 12.8 Å². The van der Waals surface area contributed by atoms with Gasteiger partial charge in [-0.15, -0.1) is 0 Å². The van der Waals surface area contributed by atoms with Crippen molar-refractivity contribution in [3.8, 4) is 11.5 Å². The van der Waals surface area contributed by atoms with Crippen LogP contribution in [-0.4, -0.2) is 42.6 Å². The van der Waals surface area contributed by atoms with Crippen LogP contribution in [0.25, 0.3) is 6.08 Å². The zero-order chi connectivity index (χ0) is 17.6. The second-order valence-electron chi connectivity index (χ2n) is 6.80. The molecular formula is C20H28N2O3. The molecule has 1 aromatic carbocycles. The summed E-state index contributed by atoms with van der Waals surface area (Å²) in [7, 11) is 0. The summed E-state index contributed by atoms with van der Waals surface area (Å²) in [5, 5.41) is 0. The lowest BCUT2D eigenvalue weighted by molar-refractivity contribution is -0.124. The number of hydrogen-bond donors (Lipinski definition) is 1. The molecule has 1 aliphatic carbocycles. The summed E-state index contributed by atoms with van der Waals surface area (Å²) in [6.07, 6.45) is 9.13. The fourth-order valence-corrected chi connectivity index (χ4v) is 3.49. The lowest BCUT2D eigenvalue weighted by atomic mass is 10.1. The molecule has 1 saturated heterocycles. The average Bonchev–Trinajstić information content (AvgIpc) is 3.26. The van der Waals surface area contributed by atoms with E-state index in [0.29, 0.717) is 13.2 Å². The lowest BCUT2D eigenvalue weighted by Crippen LogP contribution is -2.30. The number of carbonyl (C=O) groups excluding carboxylic acids is 1. The molecular weight excluding hydrogens is 316 g/mol. The molecule has 2 aliphatic rings. The quantitative estimate of drug-likeness (QED) is 0.806. The first-order chi connectivity index (χ1) is 12.2. The molecule has 25 heavy (non-hydrogen) atoms. The number of nitrogens with two attached hydrogens (primary N) is 1. The number of benzene rings is 1. The van der Waals surface area contributed by atoms with Crippen molar-refractivity contribution in [3.63, 3.8) is 0 Å². The van der Waals surface area contributed by atoms with E-state index >= 15 is 0 Å². The summed E-state index contributed by atoms with van der Waals surface area (Å²) >= 11 is 0. The molecule has 2 fully saturated rings. The number of rotatable bonds is 6. The van der Waals surface area contributed by atoms with Crippen molar-refractivity contribution in [2.24, 2.45) is 5.73 Å². The maximum Gasteiger partial charge on any atom is 0.246 e. The third-order valence-corrected chi connectivity index (χ3v) is 4.84. The number of ether oxygens (including phenoxy) is 2. The zero-order valence-electron chi connectivity index (χ0n) is 14.9. The van der Waals surface area contributed by atoms with E-state index < -0.39 is 0 Å². The normalized spacial score (nSPS) is 21.2. The second kappa shape index (κ2) is 8.39. The maximum absolute atomic E-state index is 12.3. The number of carbonyl (C=O) groups is 1. The summed E-state index contributed by atoms with van der Waals surface area (Å²) in [6, 6.07) is 5.92. The highest BCUT2D eigenvalue weighted by molar-refractivity contribution is 5.92. The summed E-state index contributed by atoms with van der Waals surface area (Å²) in [5.41, 5.74) is 6.77. The second-order valence-corrected chi connectivity index (χ2v) is 6.80. The van der Waals surface area contributed by atoms with Gasteiger partial charge in [0.05, 0.1) is 12.7 Å². The number of hydrogen-bond acceptors (Lipinski definition) is 4. The Bertz CT molecular complexity index is 623. The highest BCUT2D eigenvalue weighted by atomic mass is 16.5. The summed E-state index contributed by atoms with van der Waals surface area (Å²) in [4.78, 5) is 14.1. The van der Waals surface area contributed by atoms with Crippen LogP contribution < -0.4 is 15.2 Å². The van der Waals surface area contributed by atoms with E-state index in [0.717, 1.165) is 42.9 Å². The SMILES string of the molecule is CCOc1cccc(/C=C/C(=O)N2CCC(N)C2)c1OC1CCCC1. The summed E-state index contributed by atoms with van der Waals surface area (Å²) < 4.78 is 12.0. The Labute approximate surface area is 149 Å². The first-order valence-electron chi connectivity index (χ1n) is 9.32. The Balaban J connectivity index is 1.77. The molecule has 5 nitrogen and oxygen atoms in total. The molecule has 136 valence electrons. The van der Waals surface area contributed by atoms with E-state index in [1.807, 2.05) is 31.2 Å². The maximum atomic E-state index is 12.3. The van der Waals surface area contributed by atoms with Gasteiger partial charge in [0.25, 0.3) is 0 Å². The summed E-state index contributed by atoms with van der Waals surface area (Å²) in [6.45, 7) is 3.91. The van der Waals surface area contributed by atoms with Gasteiger partial charge in [0.1, 0.15) is 0 Å². The van der Waals surface area contributed by atoms with Gasteiger partial charge in [-0.25, -0.2) is 0 Å². The average molecular weight is 344 g/mol. The first-order valence-corrected chi connectivity index (χ1v) is 9.32. The zero-order valence-corrected chi connectivity index (χ0v) is 14.9. The monoisotopic (exact) mass is 344 g/mol. The van der Waals surface area contributed by atoms with Crippen LogP contribution in [0.3, 0.4) is 0 Å². The molecule has 3 rings (SSSR count). The Morgan fingerprint density at radius 2 is 2.12 bits per heavy atom. The molecule has 1 aliphatic heterocycles. The molecule has 1 heterocycles. The molecule has 5 heteroatoms. The van der Waals surface area contributed by atoms with Crippen LogP contribution in [0.1, 0.15) is 44.6 Å². The largest absolute Gasteiger partial charge is 0.490 e. The minimum absolute atomic E-state index is 0.00146. The smallest absolute Gasteiger partial charge is 0.246 e. The number of amides is 1. The molecule has 0 radical (unpaired) electrons. The number of para-hydroxylation sites is 1. The van der Waals surface area contributed by atoms with Gasteiger partial charge in [-0.3, -0.25) is 4.79 Å². The van der Waals surface area contributed by atoms with Crippen molar-refractivity contribution in [3.05, 3.63) is 29.8 Å². The minimum atomic E-state index is 0.00146. The molecule has 2 N–H and O–H groups in total. The van der Waals surface area contributed by atoms with Crippen molar-refractivity contribution in [2.45, 2.75) is 51.2 Å². The van der Waals surface area contributed by atoms with Gasteiger partial charge in [-0.1, -0.05) is 12.1 Å². The predicted molar refractivity (Wildman–Crippen MR) is 98.7 cm³/mol. The Kier molecular flexibility index (Phi) is 5.97. The van der Waals surface area contributed by atoms with Gasteiger partial charge in [0.15, 0.2) is 11.5 Å². The molecule has 0 bridgehead atoms. The molecule has 1 aromatic rings. The van der Waals surface area contributed by atoms with E-state index in [4.69, 9.17) is 15.2 Å². The third-order valence-electron chi connectivity index (χ3n) is 4.84. The van der Waals surface area contributed by atoms with Gasteiger partial charge >= 0.3 is 0 Å². The lowest BCUT2D eigenvalue weighted by Gasteiger charge is -2.19. The molecule has 0 aromatic heterocycles. The van der Waals surface area contributed by atoms with Crippen LogP contribution >= 0.6 is 0 Å². The Morgan fingerprint density at radius 3 is 2.80 bits per heavy atom. The van der Waals surface area contributed by atoms with Gasteiger partial charge in [0.2, 0.25) is 5.91 Å². The van der Waals surface area contributed by atoms with Crippen LogP contribution in [0.15, 0.2) is 24.3 Å². The van der Waals surface area contributed by atoms with E-state index in [9.17, 15) is 4.79 Å². The van der Waals surface area contributed by atoms with Crippen molar-refractivity contribution in [2.75, 3.05) is 19.7 Å². The Morgan fingerprint density at radius 1 is 1.32 bits per heavy atom. The minimum Gasteiger partial charge on any atom is -0.490 e. The molecule has 1 atom stereocenters. The van der Waals surface area contributed by atoms with Crippen LogP contribution in [0.4, 0.5) is 0 Å². The number of nitrogens with zero attached hydrogens (tertiary/aromatic N) is 1. The van der Waals surface area contributed by atoms with Gasteiger partial charge < -0.3 is 20.1 Å². The van der Waals surface area contributed by atoms with Gasteiger partial charge in [-0.2, -0.15) is 0 Å². The Hall–Kier alpha value is -2.01. The fraction of sp³-hybridized carbons (Fsp3) is 0.550. The molecule has 1 saturated carbocycles. The van der Waals surface area contributed by atoms with Crippen LogP contribution in [0.2, 0.25) is 0 Å². The van der Waals surface area contributed by atoms with Crippen LogP contribution in [0, 0.1) is 0 Å². The molecule has 0 spiro atoms. The predicted octanol–water partition coefficient (Wildman–Crippen LogP) is 2.98. The van der Waals surface area contributed by atoms with Crippen molar-refractivity contribution < 1.29 is 14.3 Å². The van der Waals surface area contributed by atoms with Crippen LogP contribution in [0.5, 0.6) is 11.5 Å². The topological polar surface area (TPSA) is 64.8 Å². The summed E-state index contributed by atoms with van der Waals surface area (Å²) in [5.74, 6) is 1.49.